The van der Waals surface area contributed by atoms with Gasteiger partial charge < -0.3 is 10.5 Å². The quantitative estimate of drug-likeness (QED) is 0.612. The molecule has 0 spiro atoms. The van der Waals surface area contributed by atoms with Crippen molar-refractivity contribution in [1.29, 1.82) is 0 Å². The fourth-order valence-electron chi connectivity index (χ4n) is 1.16. The number of benzene rings is 1. The normalized spacial score (nSPS) is 11.2. The lowest BCUT2D eigenvalue weighted by Crippen LogP contribution is -2.08. The van der Waals surface area contributed by atoms with Gasteiger partial charge in [0.2, 0.25) is 0 Å². The lowest BCUT2D eigenvalue weighted by molar-refractivity contribution is -0.137. The molecule has 82 valence electrons. The highest BCUT2D eigenvalue weighted by molar-refractivity contribution is 5.83. The lowest BCUT2D eigenvalue weighted by Gasteiger charge is -2.12. The van der Waals surface area contributed by atoms with E-state index in [1.165, 1.54) is 7.11 Å². The van der Waals surface area contributed by atoms with Gasteiger partial charge in [0.05, 0.1) is 23.9 Å². The zero-order valence-electron chi connectivity index (χ0n) is 7.76. The molecule has 0 aliphatic carbocycles. The number of halogens is 3. The van der Waals surface area contributed by atoms with E-state index in [9.17, 15) is 18.0 Å². The maximum Gasteiger partial charge on any atom is 0.416 e. The Bertz CT molecular complexity index is 388. The van der Waals surface area contributed by atoms with Gasteiger partial charge in [-0.25, -0.2) is 0 Å². The highest BCUT2D eigenvalue weighted by Gasteiger charge is 2.32. The van der Waals surface area contributed by atoms with Crippen LogP contribution in [0.25, 0.3) is 0 Å². The van der Waals surface area contributed by atoms with E-state index in [1.807, 2.05) is 0 Å². The molecule has 2 N–H and O–H groups in total. The number of carbonyl (C=O) groups excluding carboxylic acids is 1. The summed E-state index contributed by atoms with van der Waals surface area (Å²) >= 11 is 0. The maximum atomic E-state index is 12.3. The topological polar surface area (TPSA) is 52.3 Å². The van der Waals surface area contributed by atoms with Crippen LogP contribution in [-0.4, -0.2) is 13.4 Å². The van der Waals surface area contributed by atoms with Crippen LogP contribution in [0.2, 0.25) is 0 Å². The predicted molar refractivity (Wildman–Crippen MR) is 47.8 cm³/mol. The number of alkyl halides is 3. The van der Waals surface area contributed by atoms with Crippen LogP contribution in [0.15, 0.2) is 12.1 Å². The molecule has 0 aliphatic rings. The van der Waals surface area contributed by atoms with Gasteiger partial charge in [-0.05, 0) is 12.1 Å². The SMILES string of the molecule is COc1c(N)cc(C(F)(F)F)cc1C=O. The molecular weight excluding hydrogens is 211 g/mol. The molecule has 0 amide bonds. The van der Waals surface area contributed by atoms with Crippen LogP contribution in [0, 0.1) is 0 Å². The number of carbonyl (C=O) groups is 1. The lowest BCUT2D eigenvalue weighted by atomic mass is 10.1. The molecule has 0 saturated heterocycles. The number of hydrogen-bond donors (Lipinski definition) is 1. The smallest absolute Gasteiger partial charge is 0.416 e. The van der Waals surface area contributed by atoms with E-state index in [0.717, 1.165) is 6.07 Å². The van der Waals surface area contributed by atoms with Gasteiger partial charge in [0, 0.05) is 0 Å². The Morgan fingerprint density at radius 2 is 2.00 bits per heavy atom. The fourth-order valence-corrected chi connectivity index (χ4v) is 1.16. The second kappa shape index (κ2) is 3.80. The average molecular weight is 219 g/mol. The second-order valence-corrected chi connectivity index (χ2v) is 2.80. The van der Waals surface area contributed by atoms with E-state index in [4.69, 9.17) is 10.5 Å². The molecule has 0 aliphatic heterocycles. The van der Waals surface area contributed by atoms with Crippen molar-refractivity contribution in [2.75, 3.05) is 12.8 Å². The van der Waals surface area contributed by atoms with Gasteiger partial charge in [-0.3, -0.25) is 4.79 Å². The molecule has 0 unspecified atom stereocenters. The molecule has 1 aromatic carbocycles. The Balaban J connectivity index is 3.38. The summed E-state index contributed by atoms with van der Waals surface area (Å²) in [7, 11) is 1.23. The standard InChI is InChI=1S/C9H8F3NO2/c1-15-8-5(4-14)2-6(3-7(8)13)9(10,11)12/h2-4H,13H2,1H3. The van der Waals surface area contributed by atoms with Crippen LogP contribution in [0.1, 0.15) is 15.9 Å². The zero-order chi connectivity index (χ0) is 11.6. The molecule has 0 atom stereocenters. The third-order valence-corrected chi connectivity index (χ3v) is 1.80. The molecule has 15 heavy (non-hydrogen) atoms. The molecule has 0 aromatic heterocycles. The van der Waals surface area contributed by atoms with E-state index in [-0.39, 0.29) is 23.3 Å². The molecule has 6 heteroatoms. The van der Waals surface area contributed by atoms with E-state index < -0.39 is 11.7 Å². The first-order valence-electron chi connectivity index (χ1n) is 3.90. The van der Waals surface area contributed by atoms with Crippen molar-refractivity contribution in [2.45, 2.75) is 6.18 Å². The van der Waals surface area contributed by atoms with E-state index in [0.29, 0.717) is 6.07 Å². The van der Waals surface area contributed by atoms with Crippen molar-refractivity contribution in [3.8, 4) is 5.75 Å². The van der Waals surface area contributed by atoms with Gasteiger partial charge in [0.1, 0.15) is 0 Å². The Labute approximate surface area is 83.6 Å². The minimum Gasteiger partial charge on any atom is -0.494 e. The molecule has 3 nitrogen and oxygen atoms in total. The Morgan fingerprint density at radius 3 is 2.40 bits per heavy atom. The van der Waals surface area contributed by atoms with Crippen LogP contribution in [-0.2, 0) is 6.18 Å². The van der Waals surface area contributed by atoms with E-state index >= 15 is 0 Å². The molecule has 0 radical (unpaired) electrons. The van der Waals surface area contributed by atoms with Crippen molar-refractivity contribution < 1.29 is 22.7 Å². The van der Waals surface area contributed by atoms with Gasteiger partial charge >= 0.3 is 6.18 Å². The molecule has 0 saturated carbocycles. The summed E-state index contributed by atoms with van der Waals surface area (Å²) in [5.74, 6) is -0.0435. The van der Waals surface area contributed by atoms with E-state index in [1.54, 1.807) is 0 Å². The Kier molecular flexibility index (Phi) is 2.88. The van der Waals surface area contributed by atoms with E-state index in [2.05, 4.69) is 0 Å². The molecule has 0 bridgehead atoms. The number of hydrogen-bond acceptors (Lipinski definition) is 3. The zero-order valence-corrected chi connectivity index (χ0v) is 7.76. The van der Waals surface area contributed by atoms with Crippen molar-refractivity contribution in [3.05, 3.63) is 23.3 Å². The minimum absolute atomic E-state index is 0.0435. The third kappa shape index (κ3) is 2.20. The maximum absolute atomic E-state index is 12.3. The summed E-state index contributed by atoms with van der Waals surface area (Å²) in [6, 6.07) is 1.42. The molecule has 0 heterocycles. The number of anilines is 1. The van der Waals surface area contributed by atoms with Crippen LogP contribution in [0.5, 0.6) is 5.75 Å². The van der Waals surface area contributed by atoms with Crippen molar-refractivity contribution in [1.82, 2.24) is 0 Å². The molecule has 0 fully saturated rings. The predicted octanol–water partition coefficient (Wildman–Crippen LogP) is 2.11. The molecule has 1 aromatic rings. The number of nitrogens with two attached hydrogens (primary N) is 1. The van der Waals surface area contributed by atoms with Gasteiger partial charge in [-0.15, -0.1) is 0 Å². The summed E-state index contributed by atoms with van der Waals surface area (Å²) < 4.78 is 41.6. The number of nitrogen functional groups attached to an aromatic ring is 1. The van der Waals surface area contributed by atoms with Crippen LogP contribution >= 0.6 is 0 Å². The third-order valence-electron chi connectivity index (χ3n) is 1.80. The van der Waals surface area contributed by atoms with Crippen LogP contribution in [0.3, 0.4) is 0 Å². The number of methoxy groups -OCH3 is 1. The van der Waals surface area contributed by atoms with Gasteiger partial charge in [-0.2, -0.15) is 13.2 Å². The second-order valence-electron chi connectivity index (χ2n) is 2.80. The van der Waals surface area contributed by atoms with Crippen molar-refractivity contribution in [3.63, 3.8) is 0 Å². The summed E-state index contributed by atoms with van der Waals surface area (Å²) in [5.41, 5.74) is 3.92. The number of rotatable bonds is 2. The first-order chi connectivity index (χ1) is 6.90. The minimum atomic E-state index is -4.53. The first-order valence-corrected chi connectivity index (χ1v) is 3.90. The average Bonchev–Trinajstić information content (AvgIpc) is 2.15. The van der Waals surface area contributed by atoms with Crippen LogP contribution in [0.4, 0.5) is 18.9 Å². The molecular formula is C9H8F3NO2. The van der Waals surface area contributed by atoms with Gasteiger partial charge in [0.15, 0.2) is 12.0 Å². The largest absolute Gasteiger partial charge is 0.494 e. The van der Waals surface area contributed by atoms with Crippen LogP contribution < -0.4 is 10.5 Å². The summed E-state index contributed by atoms with van der Waals surface area (Å²) in [4.78, 5) is 10.5. The van der Waals surface area contributed by atoms with Crippen molar-refractivity contribution in [2.24, 2.45) is 0 Å². The summed E-state index contributed by atoms with van der Waals surface area (Å²) in [6.07, 6.45) is -4.26. The van der Waals surface area contributed by atoms with Gasteiger partial charge in [0.25, 0.3) is 0 Å². The fraction of sp³-hybridized carbons (Fsp3) is 0.222. The highest BCUT2D eigenvalue weighted by atomic mass is 19.4. The molecule has 1 rings (SSSR count). The summed E-state index contributed by atoms with van der Waals surface area (Å²) in [6.45, 7) is 0. The number of aldehydes is 1. The Morgan fingerprint density at radius 1 is 1.40 bits per heavy atom. The first kappa shape index (κ1) is 11.4. The summed E-state index contributed by atoms with van der Waals surface area (Å²) in [5, 5.41) is 0. The monoisotopic (exact) mass is 219 g/mol. The number of ether oxygens (including phenoxy) is 1. The van der Waals surface area contributed by atoms with Crippen molar-refractivity contribution >= 4 is 12.0 Å². The van der Waals surface area contributed by atoms with Gasteiger partial charge in [-0.1, -0.05) is 0 Å². The Hall–Kier alpha value is -1.72. The highest BCUT2D eigenvalue weighted by Crippen LogP contribution is 2.35.